The number of ether oxygens (including phenoxy) is 3. The van der Waals surface area contributed by atoms with Crippen molar-refractivity contribution in [3.05, 3.63) is 16.0 Å². The van der Waals surface area contributed by atoms with Gasteiger partial charge in [-0.25, -0.2) is 9.59 Å². The topological polar surface area (TPSA) is 108 Å². The average Bonchev–Trinajstić information content (AvgIpc) is 3.07. The molecule has 1 heterocycles. The lowest BCUT2D eigenvalue weighted by molar-refractivity contribution is -0.147. The molecule has 0 saturated heterocycles. The van der Waals surface area contributed by atoms with Gasteiger partial charge in [0.15, 0.2) is 6.61 Å². The van der Waals surface area contributed by atoms with Crippen LogP contribution in [0.4, 0.5) is 5.00 Å². The van der Waals surface area contributed by atoms with Gasteiger partial charge in [-0.2, -0.15) is 0 Å². The fraction of sp³-hybridized carbons (Fsp3) is 0.636. The van der Waals surface area contributed by atoms with Crippen LogP contribution < -0.4 is 5.32 Å². The summed E-state index contributed by atoms with van der Waals surface area (Å²) in [4.78, 5) is 49.0. The van der Waals surface area contributed by atoms with Crippen LogP contribution in [0.3, 0.4) is 0 Å². The lowest BCUT2D eigenvalue weighted by Gasteiger charge is -2.20. The van der Waals surface area contributed by atoms with E-state index in [0.717, 1.165) is 30.6 Å². The third-order valence-corrected chi connectivity index (χ3v) is 6.37. The molecule has 9 heteroatoms. The van der Waals surface area contributed by atoms with Crippen LogP contribution in [0, 0.1) is 12.8 Å². The van der Waals surface area contributed by atoms with E-state index in [2.05, 4.69) is 5.32 Å². The largest absolute Gasteiger partial charge is 0.462 e. The van der Waals surface area contributed by atoms with Gasteiger partial charge in [-0.3, -0.25) is 9.59 Å². The first-order chi connectivity index (χ1) is 14.9. The van der Waals surface area contributed by atoms with Crippen LogP contribution in [-0.4, -0.2) is 43.6 Å². The van der Waals surface area contributed by atoms with E-state index in [1.807, 2.05) is 0 Å². The van der Waals surface area contributed by atoms with E-state index in [0.29, 0.717) is 11.5 Å². The lowest BCUT2D eigenvalue weighted by atomic mass is 9.86. The summed E-state index contributed by atoms with van der Waals surface area (Å²) in [5.41, 5.74) is 0.480. The third kappa shape index (κ3) is 7.34. The summed E-state index contributed by atoms with van der Waals surface area (Å²) in [5, 5.41) is 2.73. The van der Waals surface area contributed by atoms with E-state index in [1.54, 1.807) is 20.8 Å². The predicted octanol–water partition coefficient (Wildman–Crippen LogP) is 4.25. The second kappa shape index (κ2) is 12.4. The Morgan fingerprint density at radius 1 is 0.968 bits per heavy atom. The predicted molar refractivity (Wildman–Crippen MR) is 116 cm³/mol. The molecule has 1 aliphatic carbocycles. The van der Waals surface area contributed by atoms with Gasteiger partial charge in [0.2, 0.25) is 0 Å². The molecule has 1 saturated carbocycles. The quantitative estimate of drug-likeness (QED) is 0.417. The SMILES string of the molecule is CCOC(=O)c1sc(NC(=O)COC(=O)CCC2CCCCC2)c(C(=O)OCC)c1C. The first kappa shape index (κ1) is 24.8. The molecular formula is C22H31NO7S. The molecule has 0 aromatic carbocycles. The summed E-state index contributed by atoms with van der Waals surface area (Å²) in [6, 6.07) is 0. The molecule has 8 nitrogen and oxygen atoms in total. The highest BCUT2D eigenvalue weighted by molar-refractivity contribution is 7.18. The Balaban J connectivity index is 1.97. The molecule has 0 spiro atoms. The Kier molecular flexibility index (Phi) is 9.97. The molecule has 0 radical (unpaired) electrons. The van der Waals surface area contributed by atoms with Crippen LogP contribution in [0.15, 0.2) is 0 Å². The van der Waals surface area contributed by atoms with Gasteiger partial charge in [0, 0.05) is 6.42 Å². The third-order valence-electron chi connectivity index (χ3n) is 5.19. The van der Waals surface area contributed by atoms with Crippen LogP contribution in [0.25, 0.3) is 0 Å². The van der Waals surface area contributed by atoms with Crippen molar-refractivity contribution in [2.24, 2.45) is 5.92 Å². The summed E-state index contributed by atoms with van der Waals surface area (Å²) in [7, 11) is 0. The summed E-state index contributed by atoms with van der Waals surface area (Å²) in [5.74, 6) is -1.68. The Morgan fingerprint density at radius 2 is 1.61 bits per heavy atom. The molecule has 172 valence electrons. The molecular weight excluding hydrogens is 422 g/mol. The number of hydrogen-bond acceptors (Lipinski definition) is 8. The first-order valence-corrected chi connectivity index (χ1v) is 11.6. The molecule has 1 aromatic heterocycles. The highest BCUT2D eigenvalue weighted by Crippen LogP contribution is 2.34. The number of carbonyl (C=O) groups is 4. The van der Waals surface area contributed by atoms with Crippen LogP contribution >= 0.6 is 11.3 Å². The Hall–Kier alpha value is -2.42. The van der Waals surface area contributed by atoms with Crippen molar-refractivity contribution in [3.63, 3.8) is 0 Å². The molecule has 1 fully saturated rings. The highest BCUT2D eigenvalue weighted by atomic mass is 32.1. The molecule has 1 amide bonds. The van der Waals surface area contributed by atoms with Gasteiger partial charge in [0.05, 0.1) is 18.8 Å². The van der Waals surface area contributed by atoms with E-state index in [9.17, 15) is 19.2 Å². The number of esters is 3. The van der Waals surface area contributed by atoms with Crippen molar-refractivity contribution in [1.82, 2.24) is 0 Å². The zero-order valence-corrected chi connectivity index (χ0v) is 19.2. The summed E-state index contributed by atoms with van der Waals surface area (Å²) in [6.45, 7) is 4.81. The molecule has 2 rings (SSSR count). The van der Waals surface area contributed by atoms with Crippen LogP contribution in [0.5, 0.6) is 0 Å². The summed E-state index contributed by atoms with van der Waals surface area (Å²) < 4.78 is 15.1. The van der Waals surface area contributed by atoms with Crippen molar-refractivity contribution >= 4 is 40.2 Å². The maximum atomic E-state index is 12.4. The van der Waals surface area contributed by atoms with E-state index in [1.165, 1.54) is 19.3 Å². The van der Waals surface area contributed by atoms with E-state index in [-0.39, 0.29) is 35.1 Å². The van der Waals surface area contributed by atoms with E-state index < -0.39 is 30.4 Å². The minimum Gasteiger partial charge on any atom is -0.462 e. The standard InChI is InChI=1S/C22H31NO7S/c1-4-28-21(26)18-14(3)19(22(27)29-5-2)31-20(18)23-16(24)13-30-17(25)12-11-15-9-7-6-8-10-15/h15H,4-13H2,1-3H3,(H,23,24). The Morgan fingerprint density at radius 3 is 2.26 bits per heavy atom. The summed E-state index contributed by atoms with van der Waals surface area (Å²) >= 11 is 0.932. The minimum absolute atomic E-state index is 0.104. The second-order valence-corrected chi connectivity index (χ2v) is 8.47. The van der Waals surface area contributed by atoms with E-state index in [4.69, 9.17) is 14.2 Å². The second-order valence-electron chi connectivity index (χ2n) is 7.45. The number of amides is 1. The van der Waals surface area contributed by atoms with Crippen LogP contribution in [-0.2, 0) is 23.8 Å². The number of thiophene rings is 1. The lowest BCUT2D eigenvalue weighted by Crippen LogP contribution is -2.22. The maximum absolute atomic E-state index is 12.4. The maximum Gasteiger partial charge on any atom is 0.348 e. The monoisotopic (exact) mass is 453 g/mol. The minimum atomic E-state index is -0.647. The molecule has 1 N–H and O–H groups in total. The molecule has 1 aromatic rings. The van der Waals surface area contributed by atoms with Crippen molar-refractivity contribution in [2.75, 3.05) is 25.1 Å². The molecule has 0 aliphatic heterocycles. The van der Waals surface area contributed by atoms with Crippen LogP contribution in [0.2, 0.25) is 0 Å². The molecule has 0 unspecified atom stereocenters. The summed E-state index contributed by atoms with van der Waals surface area (Å²) in [6.07, 6.45) is 7.03. The van der Waals surface area contributed by atoms with Crippen molar-refractivity contribution in [3.8, 4) is 0 Å². The first-order valence-electron chi connectivity index (χ1n) is 10.8. The van der Waals surface area contributed by atoms with Gasteiger partial charge >= 0.3 is 17.9 Å². The number of nitrogens with one attached hydrogen (secondary N) is 1. The zero-order chi connectivity index (χ0) is 22.8. The van der Waals surface area contributed by atoms with Gasteiger partial charge in [-0.05, 0) is 38.7 Å². The molecule has 31 heavy (non-hydrogen) atoms. The van der Waals surface area contributed by atoms with E-state index >= 15 is 0 Å². The molecule has 0 bridgehead atoms. The van der Waals surface area contributed by atoms with Crippen molar-refractivity contribution < 1.29 is 33.4 Å². The number of hydrogen-bond donors (Lipinski definition) is 1. The zero-order valence-electron chi connectivity index (χ0n) is 18.4. The van der Waals surface area contributed by atoms with Gasteiger partial charge in [-0.1, -0.05) is 32.1 Å². The van der Waals surface area contributed by atoms with Crippen molar-refractivity contribution in [2.45, 2.75) is 65.7 Å². The molecule has 1 aliphatic rings. The Bertz CT molecular complexity index is 796. The Labute approximate surface area is 186 Å². The van der Waals surface area contributed by atoms with Crippen LogP contribution in [0.1, 0.15) is 84.4 Å². The van der Waals surface area contributed by atoms with Gasteiger partial charge < -0.3 is 19.5 Å². The average molecular weight is 454 g/mol. The number of rotatable bonds is 10. The normalized spacial score (nSPS) is 14.0. The smallest absolute Gasteiger partial charge is 0.348 e. The fourth-order valence-corrected chi connectivity index (χ4v) is 4.73. The van der Waals surface area contributed by atoms with Gasteiger partial charge in [0.25, 0.3) is 5.91 Å². The highest BCUT2D eigenvalue weighted by Gasteiger charge is 2.27. The fourth-order valence-electron chi connectivity index (χ4n) is 3.62. The van der Waals surface area contributed by atoms with Crippen molar-refractivity contribution in [1.29, 1.82) is 0 Å². The number of anilines is 1. The molecule has 0 atom stereocenters. The van der Waals surface area contributed by atoms with Gasteiger partial charge in [0.1, 0.15) is 9.88 Å². The number of carbonyl (C=O) groups excluding carboxylic acids is 4. The van der Waals surface area contributed by atoms with Gasteiger partial charge in [-0.15, -0.1) is 11.3 Å².